The number of hydrogen-bond acceptors (Lipinski definition) is 1. The Kier molecular flexibility index (Phi) is 7.25. The van der Waals surface area contributed by atoms with E-state index in [0.717, 1.165) is 44.2 Å². The van der Waals surface area contributed by atoms with Crippen molar-refractivity contribution in [3.8, 4) is 55.6 Å². The van der Waals surface area contributed by atoms with Crippen LogP contribution in [0.5, 0.6) is 0 Å². The maximum absolute atomic E-state index is 6.85. The van der Waals surface area contributed by atoms with E-state index in [2.05, 4.69) is 206 Å². The highest BCUT2D eigenvalue weighted by Crippen LogP contribution is 2.47. The average Bonchev–Trinajstić information content (AvgIpc) is 3.65. The highest BCUT2D eigenvalue weighted by molar-refractivity contribution is 6.24. The number of furan rings is 1. The van der Waals surface area contributed by atoms with Gasteiger partial charge >= 0.3 is 0 Å². The SMILES string of the molecule is c1ccc(-c2ccc(-c3c4ccccc4c(-c4cccc(-c5cccc6c5oc5c(-c7ccccc7)cccc56)c4)c4ccccc34)c3ccccc23)cc1. The van der Waals surface area contributed by atoms with Gasteiger partial charge < -0.3 is 4.42 Å². The summed E-state index contributed by atoms with van der Waals surface area (Å²) in [5, 5.41) is 9.72. The molecule has 55 heavy (non-hydrogen) atoms. The zero-order chi connectivity index (χ0) is 36.3. The lowest BCUT2D eigenvalue weighted by molar-refractivity contribution is 0.671. The molecular weight excluding hydrogens is 665 g/mol. The fourth-order valence-corrected chi connectivity index (χ4v) is 8.85. The van der Waals surface area contributed by atoms with Gasteiger partial charge in [-0.1, -0.05) is 200 Å². The van der Waals surface area contributed by atoms with E-state index in [0.29, 0.717) is 0 Å². The second kappa shape index (κ2) is 12.7. The van der Waals surface area contributed by atoms with Gasteiger partial charge in [-0.3, -0.25) is 0 Å². The van der Waals surface area contributed by atoms with Crippen molar-refractivity contribution in [1.29, 1.82) is 0 Å². The van der Waals surface area contributed by atoms with Gasteiger partial charge in [0, 0.05) is 21.9 Å². The highest BCUT2D eigenvalue weighted by Gasteiger charge is 2.20. The first-order valence-electron chi connectivity index (χ1n) is 18.9. The van der Waals surface area contributed by atoms with E-state index < -0.39 is 0 Å². The van der Waals surface area contributed by atoms with Crippen molar-refractivity contribution < 1.29 is 4.42 Å². The van der Waals surface area contributed by atoms with Crippen molar-refractivity contribution in [2.24, 2.45) is 0 Å². The van der Waals surface area contributed by atoms with E-state index in [9.17, 15) is 0 Å². The first-order valence-corrected chi connectivity index (χ1v) is 18.9. The molecule has 256 valence electrons. The van der Waals surface area contributed by atoms with Crippen LogP contribution in [0.1, 0.15) is 0 Å². The summed E-state index contributed by atoms with van der Waals surface area (Å²) in [6, 6.07) is 74.6. The van der Waals surface area contributed by atoms with Gasteiger partial charge in [0.2, 0.25) is 0 Å². The minimum absolute atomic E-state index is 0.911. The van der Waals surface area contributed by atoms with Crippen LogP contribution in [0.25, 0.3) is 110 Å². The van der Waals surface area contributed by atoms with Crippen molar-refractivity contribution in [3.05, 3.63) is 206 Å². The van der Waals surface area contributed by atoms with E-state index >= 15 is 0 Å². The summed E-state index contributed by atoms with van der Waals surface area (Å²) in [7, 11) is 0. The Balaban J connectivity index is 1.13. The van der Waals surface area contributed by atoms with Crippen LogP contribution in [0, 0.1) is 0 Å². The van der Waals surface area contributed by atoms with Crippen LogP contribution in [0.4, 0.5) is 0 Å². The van der Waals surface area contributed by atoms with Crippen molar-refractivity contribution in [3.63, 3.8) is 0 Å². The van der Waals surface area contributed by atoms with Crippen LogP contribution in [-0.2, 0) is 0 Å². The van der Waals surface area contributed by atoms with E-state index in [1.807, 2.05) is 0 Å². The first-order chi connectivity index (χ1) is 27.3. The summed E-state index contributed by atoms with van der Waals surface area (Å²) in [4.78, 5) is 0. The van der Waals surface area contributed by atoms with E-state index in [-0.39, 0.29) is 0 Å². The molecule has 1 nitrogen and oxygen atoms in total. The van der Waals surface area contributed by atoms with Gasteiger partial charge in [-0.15, -0.1) is 0 Å². The lowest BCUT2D eigenvalue weighted by Gasteiger charge is -2.20. The lowest BCUT2D eigenvalue weighted by atomic mass is 9.83. The summed E-state index contributed by atoms with van der Waals surface area (Å²) in [5.74, 6) is 0. The van der Waals surface area contributed by atoms with Gasteiger partial charge in [0.25, 0.3) is 0 Å². The molecule has 1 aromatic heterocycles. The third kappa shape index (κ3) is 5.01. The van der Waals surface area contributed by atoms with E-state index in [1.165, 1.54) is 65.7 Å². The van der Waals surface area contributed by atoms with E-state index in [4.69, 9.17) is 4.42 Å². The molecule has 0 radical (unpaired) electrons. The summed E-state index contributed by atoms with van der Waals surface area (Å²) >= 11 is 0. The fourth-order valence-electron chi connectivity index (χ4n) is 8.85. The topological polar surface area (TPSA) is 13.1 Å². The molecule has 11 rings (SSSR count). The normalized spacial score (nSPS) is 11.6. The first kappa shape index (κ1) is 31.3. The molecule has 0 N–H and O–H groups in total. The molecule has 0 atom stereocenters. The van der Waals surface area contributed by atoms with Gasteiger partial charge in [0.1, 0.15) is 11.2 Å². The van der Waals surface area contributed by atoms with Gasteiger partial charge in [0.15, 0.2) is 0 Å². The molecule has 0 saturated carbocycles. The van der Waals surface area contributed by atoms with Crippen LogP contribution >= 0.6 is 0 Å². The van der Waals surface area contributed by atoms with Crippen LogP contribution in [0.3, 0.4) is 0 Å². The maximum atomic E-state index is 6.85. The molecule has 0 aliphatic rings. The Bertz CT molecular complexity index is 3190. The molecule has 0 unspecified atom stereocenters. The summed E-state index contributed by atoms with van der Waals surface area (Å²) in [6.45, 7) is 0. The number of rotatable bonds is 5. The quantitative estimate of drug-likeness (QED) is 0.163. The van der Waals surface area contributed by atoms with Crippen molar-refractivity contribution in [2.45, 2.75) is 0 Å². The molecule has 10 aromatic carbocycles. The van der Waals surface area contributed by atoms with Gasteiger partial charge in [-0.05, 0) is 82.9 Å². The molecule has 0 fully saturated rings. The number of fused-ring (bicyclic) bond motifs is 6. The average molecular weight is 699 g/mol. The Hall–Kier alpha value is -7.22. The molecule has 0 saturated heterocycles. The van der Waals surface area contributed by atoms with Gasteiger partial charge in [-0.2, -0.15) is 0 Å². The zero-order valence-electron chi connectivity index (χ0n) is 30.0. The van der Waals surface area contributed by atoms with Gasteiger partial charge in [0.05, 0.1) is 0 Å². The standard InChI is InChI=1S/C54H34O/c1-3-16-35(17-4-1)39-32-33-48(43-23-8-7-22-42(39)43)52-46-26-11-9-24-44(46)51(45-25-10-12-27-47(45)52)38-21-13-20-37(34-38)41-29-15-31-50-49-30-14-28-40(53(49)55-54(41)50)36-18-5-2-6-19-36/h1-34H. The molecule has 11 aromatic rings. The highest BCUT2D eigenvalue weighted by atomic mass is 16.3. The predicted molar refractivity (Wildman–Crippen MR) is 233 cm³/mol. The zero-order valence-corrected chi connectivity index (χ0v) is 30.0. The fraction of sp³-hybridized carbons (Fsp3) is 0. The summed E-state index contributed by atoms with van der Waals surface area (Å²) in [5.41, 5.74) is 13.7. The molecule has 0 amide bonds. The minimum Gasteiger partial charge on any atom is -0.455 e. The Labute approximate surface area is 319 Å². The maximum Gasteiger partial charge on any atom is 0.143 e. The summed E-state index contributed by atoms with van der Waals surface area (Å²) in [6.07, 6.45) is 0. The lowest BCUT2D eigenvalue weighted by Crippen LogP contribution is -1.92. The van der Waals surface area contributed by atoms with E-state index in [1.54, 1.807) is 0 Å². The second-order valence-corrected chi connectivity index (χ2v) is 14.3. The number of hydrogen-bond donors (Lipinski definition) is 0. The molecule has 1 heteroatoms. The van der Waals surface area contributed by atoms with Crippen LogP contribution in [0.2, 0.25) is 0 Å². The Morgan fingerprint density at radius 1 is 0.218 bits per heavy atom. The summed E-state index contributed by atoms with van der Waals surface area (Å²) < 4.78 is 6.85. The Morgan fingerprint density at radius 2 is 0.600 bits per heavy atom. The molecular formula is C54H34O. The third-order valence-corrected chi connectivity index (χ3v) is 11.3. The molecule has 0 spiro atoms. The molecule has 0 bridgehead atoms. The minimum atomic E-state index is 0.911. The largest absolute Gasteiger partial charge is 0.455 e. The van der Waals surface area contributed by atoms with Crippen LogP contribution in [-0.4, -0.2) is 0 Å². The van der Waals surface area contributed by atoms with Crippen LogP contribution in [0.15, 0.2) is 211 Å². The van der Waals surface area contributed by atoms with Crippen molar-refractivity contribution in [2.75, 3.05) is 0 Å². The monoisotopic (exact) mass is 698 g/mol. The molecule has 0 aliphatic carbocycles. The Morgan fingerprint density at radius 3 is 1.18 bits per heavy atom. The molecule has 1 heterocycles. The number of para-hydroxylation sites is 2. The van der Waals surface area contributed by atoms with Crippen molar-refractivity contribution >= 4 is 54.3 Å². The second-order valence-electron chi connectivity index (χ2n) is 14.3. The molecule has 0 aliphatic heterocycles. The smallest absolute Gasteiger partial charge is 0.143 e. The number of benzene rings is 10. The van der Waals surface area contributed by atoms with Crippen molar-refractivity contribution in [1.82, 2.24) is 0 Å². The predicted octanol–water partition coefficient (Wildman–Crippen LogP) is 15.4. The van der Waals surface area contributed by atoms with Gasteiger partial charge in [-0.25, -0.2) is 0 Å². The third-order valence-electron chi connectivity index (χ3n) is 11.3. The van der Waals surface area contributed by atoms with Crippen LogP contribution < -0.4 is 0 Å².